The molecule has 0 saturated carbocycles. The second-order valence-electron chi connectivity index (χ2n) is 9.09. The van der Waals surface area contributed by atoms with E-state index >= 15 is 0 Å². The number of hydrogen-bond acceptors (Lipinski definition) is 12. The first kappa shape index (κ1) is 31.3. The average molecular weight is 623 g/mol. The standard InChI is InChI=1S/C28H38N4O4S4/c1-5-9-33-13-19-17-37-25(29-19)27-31-21(15-35-11-7-3)23(39-27)24-22(16-36-12-8-4)32-28(40-24)26-30-20(18-38-26)14-34-10-6-2/h17-18H,5-16H2,1-4H3. The Bertz CT molecular complexity index is 1200. The molecular formula is C28H38N4O4S4. The molecule has 4 rings (SSSR count). The highest BCUT2D eigenvalue weighted by atomic mass is 32.1. The number of rotatable bonds is 19. The Labute approximate surface area is 252 Å². The van der Waals surface area contributed by atoms with E-state index in [0.29, 0.717) is 39.6 Å². The maximum Gasteiger partial charge on any atom is 0.153 e. The molecule has 0 aliphatic heterocycles. The van der Waals surface area contributed by atoms with Crippen molar-refractivity contribution in [3.05, 3.63) is 33.5 Å². The molecule has 0 unspecified atom stereocenters. The molecule has 0 N–H and O–H groups in total. The Morgan fingerprint density at radius 3 is 1.25 bits per heavy atom. The molecule has 0 aliphatic rings. The van der Waals surface area contributed by atoms with Crippen LogP contribution in [-0.4, -0.2) is 46.4 Å². The topological polar surface area (TPSA) is 88.5 Å². The van der Waals surface area contributed by atoms with Crippen molar-refractivity contribution in [2.75, 3.05) is 26.4 Å². The van der Waals surface area contributed by atoms with E-state index in [-0.39, 0.29) is 0 Å². The minimum atomic E-state index is 0.441. The third kappa shape index (κ3) is 8.68. The van der Waals surface area contributed by atoms with E-state index in [1.54, 1.807) is 45.3 Å². The van der Waals surface area contributed by atoms with Gasteiger partial charge in [0.15, 0.2) is 20.0 Å². The van der Waals surface area contributed by atoms with Crippen LogP contribution in [0.5, 0.6) is 0 Å². The summed E-state index contributed by atoms with van der Waals surface area (Å²) in [5, 5.41) is 7.67. The Morgan fingerprint density at radius 1 is 0.500 bits per heavy atom. The molecule has 218 valence electrons. The van der Waals surface area contributed by atoms with E-state index in [9.17, 15) is 0 Å². The zero-order valence-corrected chi connectivity index (χ0v) is 27.0. The van der Waals surface area contributed by atoms with E-state index < -0.39 is 0 Å². The van der Waals surface area contributed by atoms with Crippen LogP contribution >= 0.6 is 45.3 Å². The quantitative estimate of drug-likeness (QED) is 0.0967. The first-order valence-corrected chi connectivity index (χ1v) is 17.3. The van der Waals surface area contributed by atoms with Crippen LogP contribution in [0, 0.1) is 0 Å². The van der Waals surface area contributed by atoms with Crippen LogP contribution in [0.3, 0.4) is 0 Å². The fraction of sp³-hybridized carbons (Fsp3) is 0.571. The predicted octanol–water partition coefficient (Wildman–Crippen LogP) is 8.22. The molecule has 8 nitrogen and oxygen atoms in total. The number of hydrogen-bond donors (Lipinski definition) is 0. The summed E-state index contributed by atoms with van der Waals surface area (Å²) in [5.41, 5.74) is 3.69. The highest BCUT2D eigenvalue weighted by Crippen LogP contribution is 2.44. The van der Waals surface area contributed by atoms with E-state index in [2.05, 4.69) is 38.5 Å². The van der Waals surface area contributed by atoms with Crippen LogP contribution in [0.4, 0.5) is 0 Å². The van der Waals surface area contributed by atoms with Crippen LogP contribution in [-0.2, 0) is 45.4 Å². The molecule has 0 aliphatic carbocycles. The molecule has 4 heterocycles. The van der Waals surface area contributed by atoms with Gasteiger partial charge in [0.2, 0.25) is 0 Å². The normalized spacial score (nSPS) is 11.6. The molecule has 12 heteroatoms. The summed E-state index contributed by atoms with van der Waals surface area (Å²) in [6, 6.07) is 0. The molecule has 0 aromatic carbocycles. The van der Waals surface area contributed by atoms with E-state index in [1.165, 1.54) is 0 Å². The molecule has 0 atom stereocenters. The zero-order valence-electron chi connectivity index (χ0n) is 23.7. The number of ether oxygens (including phenoxy) is 4. The zero-order chi connectivity index (χ0) is 28.2. The Morgan fingerprint density at radius 2 is 0.875 bits per heavy atom. The van der Waals surface area contributed by atoms with Gasteiger partial charge in [-0.15, -0.1) is 45.3 Å². The van der Waals surface area contributed by atoms with E-state index in [0.717, 1.165) is 91.5 Å². The van der Waals surface area contributed by atoms with Gasteiger partial charge in [-0.1, -0.05) is 27.7 Å². The largest absolute Gasteiger partial charge is 0.375 e. The third-order valence-corrected chi connectivity index (χ3v) is 9.87. The maximum atomic E-state index is 5.97. The second-order valence-corrected chi connectivity index (χ2v) is 12.8. The SMILES string of the molecule is CCCOCc1csc(-c2nc(COCCC)c(-c3sc(-c4nc(COCCC)cs4)nc3COCCC)s2)n1. The fourth-order valence-electron chi connectivity index (χ4n) is 3.65. The van der Waals surface area contributed by atoms with Crippen molar-refractivity contribution >= 4 is 45.3 Å². The lowest BCUT2D eigenvalue weighted by molar-refractivity contribution is 0.118. The molecule has 0 fully saturated rings. The highest BCUT2D eigenvalue weighted by molar-refractivity contribution is 7.27. The van der Waals surface area contributed by atoms with Crippen LogP contribution in [0.25, 0.3) is 29.8 Å². The van der Waals surface area contributed by atoms with Crippen molar-refractivity contribution in [1.82, 2.24) is 19.9 Å². The fourth-order valence-corrected chi connectivity index (χ4v) is 7.64. The number of thiazole rings is 4. The first-order chi connectivity index (χ1) is 19.7. The number of aromatic nitrogens is 4. The summed E-state index contributed by atoms with van der Waals surface area (Å²) < 4.78 is 23.3. The smallest absolute Gasteiger partial charge is 0.153 e. The molecule has 0 radical (unpaired) electrons. The maximum absolute atomic E-state index is 5.97. The average Bonchev–Trinajstić information content (AvgIpc) is 3.75. The minimum Gasteiger partial charge on any atom is -0.375 e. The van der Waals surface area contributed by atoms with Crippen LogP contribution in [0.15, 0.2) is 10.8 Å². The molecular weight excluding hydrogens is 585 g/mol. The van der Waals surface area contributed by atoms with Gasteiger partial charge in [-0.2, -0.15) is 0 Å². The Balaban J connectivity index is 1.66. The molecule has 0 amide bonds. The molecule has 0 bridgehead atoms. The molecule has 0 saturated heterocycles. The minimum absolute atomic E-state index is 0.441. The first-order valence-electron chi connectivity index (χ1n) is 13.9. The predicted molar refractivity (Wildman–Crippen MR) is 165 cm³/mol. The van der Waals surface area contributed by atoms with Gasteiger partial charge in [-0.3, -0.25) is 0 Å². The van der Waals surface area contributed by atoms with Gasteiger partial charge in [-0.05, 0) is 25.7 Å². The van der Waals surface area contributed by atoms with Crippen molar-refractivity contribution in [1.29, 1.82) is 0 Å². The van der Waals surface area contributed by atoms with E-state index in [4.69, 9.17) is 38.9 Å². The highest BCUT2D eigenvalue weighted by Gasteiger charge is 2.24. The van der Waals surface area contributed by atoms with Gasteiger partial charge in [0, 0.05) is 37.2 Å². The second kappa shape index (κ2) is 16.7. The van der Waals surface area contributed by atoms with Crippen molar-refractivity contribution in [2.45, 2.75) is 79.8 Å². The molecule has 4 aromatic rings. The summed E-state index contributed by atoms with van der Waals surface area (Å²) in [6.45, 7) is 13.2. The Hall–Kier alpha value is -1.64. The van der Waals surface area contributed by atoms with Gasteiger partial charge >= 0.3 is 0 Å². The summed E-state index contributed by atoms with van der Waals surface area (Å²) in [4.78, 5) is 21.8. The third-order valence-electron chi connectivity index (χ3n) is 5.44. The molecule has 0 spiro atoms. The lowest BCUT2D eigenvalue weighted by Crippen LogP contribution is -1.98. The van der Waals surface area contributed by atoms with Gasteiger partial charge in [0.1, 0.15) is 0 Å². The summed E-state index contributed by atoms with van der Waals surface area (Å²) in [5.74, 6) is 0. The molecule has 40 heavy (non-hydrogen) atoms. The lowest BCUT2D eigenvalue weighted by Gasteiger charge is -2.04. The molecule has 4 aromatic heterocycles. The monoisotopic (exact) mass is 622 g/mol. The van der Waals surface area contributed by atoms with Crippen LogP contribution in [0.1, 0.15) is 76.2 Å². The summed E-state index contributed by atoms with van der Waals surface area (Å²) >= 11 is 6.48. The summed E-state index contributed by atoms with van der Waals surface area (Å²) in [6.07, 6.45) is 3.89. The Kier molecular flexibility index (Phi) is 13.1. The van der Waals surface area contributed by atoms with Gasteiger partial charge in [0.05, 0.1) is 59.0 Å². The van der Waals surface area contributed by atoms with Crippen molar-refractivity contribution < 1.29 is 18.9 Å². The van der Waals surface area contributed by atoms with Crippen molar-refractivity contribution in [2.24, 2.45) is 0 Å². The van der Waals surface area contributed by atoms with Crippen molar-refractivity contribution in [3.8, 4) is 29.8 Å². The summed E-state index contributed by atoms with van der Waals surface area (Å²) in [7, 11) is 0. The lowest BCUT2D eigenvalue weighted by atomic mass is 10.3. The van der Waals surface area contributed by atoms with Crippen LogP contribution in [0.2, 0.25) is 0 Å². The number of nitrogens with zero attached hydrogens (tertiary/aromatic N) is 4. The van der Waals surface area contributed by atoms with Crippen LogP contribution < -0.4 is 0 Å². The van der Waals surface area contributed by atoms with Gasteiger partial charge < -0.3 is 18.9 Å². The van der Waals surface area contributed by atoms with E-state index in [1.807, 2.05) is 0 Å². The van der Waals surface area contributed by atoms with Crippen molar-refractivity contribution in [3.63, 3.8) is 0 Å². The van der Waals surface area contributed by atoms with Gasteiger partial charge in [-0.25, -0.2) is 19.9 Å². The van der Waals surface area contributed by atoms with Gasteiger partial charge in [0.25, 0.3) is 0 Å².